The summed E-state index contributed by atoms with van der Waals surface area (Å²) in [6, 6.07) is 11.3. The highest BCUT2D eigenvalue weighted by molar-refractivity contribution is 5.79. The van der Waals surface area contributed by atoms with Crippen molar-refractivity contribution in [3.63, 3.8) is 0 Å². The van der Waals surface area contributed by atoms with Crippen molar-refractivity contribution in [3.8, 4) is 17.8 Å². The first kappa shape index (κ1) is 20.1. The number of halogens is 1. The third-order valence-electron chi connectivity index (χ3n) is 6.20. The summed E-state index contributed by atoms with van der Waals surface area (Å²) in [6.45, 7) is 2.69. The van der Waals surface area contributed by atoms with Gasteiger partial charge < -0.3 is 4.74 Å². The summed E-state index contributed by atoms with van der Waals surface area (Å²) in [5.74, 6) is 0.369. The van der Waals surface area contributed by atoms with E-state index >= 15 is 0 Å². The van der Waals surface area contributed by atoms with Crippen LogP contribution in [0.1, 0.15) is 30.5 Å². The smallest absolute Gasteiger partial charge is 0.330 e. The second-order valence-corrected chi connectivity index (χ2v) is 8.04. The van der Waals surface area contributed by atoms with Crippen molar-refractivity contribution >= 4 is 22.2 Å². The molecule has 0 fully saturated rings. The largest absolute Gasteiger partial charge is 0.493 e. The molecular weight excluding hydrogens is 437 g/mol. The minimum Gasteiger partial charge on any atom is -0.493 e. The van der Waals surface area contributed by atoms with Gasteiger partial charge in [0.2, 0.25) is 5.95 Å². The number of imidazole rings is 2. The van der Waals surface area contributed by atoms with Crippen LogP contribution in [0, 0.1) is 17.1 Å². The molecule has 1 aliphatic heterocycles. The van der Waals surface area contributed by atoms with E-state index in [-0.39, 0.29) is 11.7 Å². The molecule has 168 valence electrons. The first-order chi connectivity index (χ1) is 16.6. The van der Waals surface area contributed by atoms with Gasteiger partial charge in [0.1, 0.15) is 23.4 Å². The third kappa shape index (κ3) is 2.90. The van der Waals surface area contributed by atoms with E-state index in [0.29, 0.717) is 59.0 Å². The van der Waals surface area contributed by atoms with Crippen molar-refractivity contribution in [2.45, 2.75) is 25.9 Å². The summed E-state index contributed by atoms with van der Waals surface area (Å²) in [7, 11) is 0. The maximum atomic E-state index is 13.8. The summed E-state index contributed by atoms with van der Waals surface area (Å²) in [6.07, 6.45) is 3.77. The summed E-state index contributed by atoms with van der Waals surface area (Å²) in [5, 5.41) is 9.29. The molecule has 0 spiro atoms. The molecule has 0 saturated heterocycles. The van der Waals surface area contributed by atoms with Crippen molar-refractivity contribution in [1.82, 2.24) is 28.7 Å². The second-order valence-electron chi connectivity index (χ2n) is 8.04. The van der Waals surface area contributed by atoms with E-state index in [1.54, 1.807) is 50.5 Å². The molecule has 0 N–H and O–H groups in total. The molecule has 34 heavy (non-hydrogen) atoms. The van der Waals surface area contributed by atoms with Gasteiger partial charge in [-0.05, 0) is 31.2 Å². The maximum Gasteiger partial charge on any atom is 0.330 e. The standard InChI is InChI=1S/C24H18FN7O2/c1-2-30-20-12-27-23(31-13-28-17-6-3-14(11-26)9-19(17)31)29-22(20)32(24(30)33)18-7-8-34-21-10-15(25)4-5-16(18)21/h3-6,9-10,12-13,18H,2,7-8H2,1H3. The van der Waals surface area contributed by atoms with Crippen molar-refractivity contribution in [1.29, 1.82) is 5.26 Å². The van der Waals surface area contributed by atoms with Crippen LogP contribution >= 0.6 is 0 Å². The lowest BCUT2D eigenvalue weighted by atomic mass is 10.0. The molecule has 1 unspecified atom stereocenters. The van der Waals surface area contributed by atoms with Gasteiger partial charge in [0.15, 0.2) is 5.65 Å². The summed E-state index contributed by atoms with van der Waals surface area (Å²) >= 11 is 0. The topological polar surface area (TPSA) is 104 Å². The zero-order valence-corrected chi connectivity index (χ0v) is 18.1. The van der Waals surface area contributed by atoms with Crippen molar-refractivity contribution in [3.05, 3.63) is 76.4 Å². The van der Waals surface area contributed by atoms with Gasteiger partial charge in [0.25, 0.3) is 0 Å². The van der Waals surface area contributed by atoms with E-state index in [1.165, 1.54) is 12.1 Å². The Kier molecular flexibility index (Phi) is 4.45. The molecule has 0 bridgehead atoms. The molecular formula is C24H18FN7O2. The van der Waals surface area contributed by atoms with Gasteiger partial charge >= 0.3 is 5.69 Å². The van der Waals surface area contributed by atoms with Crippen molar-refractivity contribution < 1.29 is 9.13 Å². The van der Waals surface area contributed by atoms with Crippen molar-refractivity contribution in [2.24, 2.45) is 0 Å². The maximum absolute atomic E-state index is 13.8. The van der Waals surface area contributed by atoms with E-state index in [0.717, 1.165) is 5.56 Å². The average molecular weight is 455 g/mol. The lowest BCUT2D eigenvalue weighted by Gasteiger charge is -2.26. The SMILES string of the molecule is CCn1c(=O)n(C2CCOc3cc(F)ccc32)c2nc(-n3cnc4ccc(C#N)cc43)ncc21. The highest BCUT2D eigenvalue weighted by Gasteiger charge is 2.29. The van der Waals surface area contributed by atoms with Gasteiger partial charge in [0.05, 0.1) is 41.5 Å². The Labute approximate surface area is 192 Å². The van der Waals surface area contributed by atoms with Gasteiger partial charge in [0, 0.05) is 24.6 Å². The van der Waals surface area contributed by atoms with Crippen LogP contribution in [0.4, 0.5) is 4.39 Å². The number of nitrogens with zero attached hydrogens (tertiary/aromatic N) is 7. The van der Waals surface area contributed by atoms with Crippen molar-refractivity contribution in [2.75, 3.05) is 6.61 Å². The predicted octanol–water partition coefficient (Wildman–Crippen LogP) is 3.33. The minimum absolute atomic E-state index is 0.214. The molecule has 1 atom stereocenters. The van der Waals surface area contributed by atoms with Crippen LogP contribution in [0.3, 0.4) is 0 Å². The molecule has 0 aliphatic carbocycles. The third-order valence-corrected chi connectivity index (χ3v) is 6.20. The minimum atomic E-state index is -0.393. The zero-order chi connectivity index (χ0) is 23.4. The predicted molar refractivity (Wildman–Crippen MR) is 121 cm³/mol. The lowest BCUT2D eigenvalue weighted by Crippen LogP contribution is -2.31. The number of nitriles is 1. The number of aryl methyl sites for hydroxylation is 1. The Bertz CT molecular complexity index is 1690. The normalized spacial score (nSPS) is 15.3. The number of aromatic nitrogens is 6. The Balaban J connectivity index is 1.59. The molecule has 2 aromatic carbocycles. The first-order valence-corrected chi connectivity index (χ1v) is 10.9. The van der Waals surface area contributed by atoms with Gasteiger partial charge in [-0.25, -0.2) is 19.2 Å². The van der Waals surface area contributed by atoms with E-state index in [9.17, 15) is 14.4 Å². The molecule has 4 heterocycles. The highest BCUT2D eigenvalue weighted by atomic mass is 19.1. The fourth-order valence-corrected chi connectivity index (χ4v) is 4.60. The molecule has 9 nitrogen and oxygen atoms in total. The van der Waals surface area contributed by atoms with Crippen LogP contribution in [-0.2, 0) is 6.54 Å². The van der Waals surface area contributed by atoms with E-state index in [2.05, 4.69) is 16.0 Å². The Morgan fingerprint density at radius 1 is 1.21 bits per heavy atom. The fourth-order valence-electron chi connectivity index (χ4n) is 4.60. The molecule has 3 aromatic heterocycles. The summed E-state index contributed by atoms with van der Waals surface area (Å²) in [4.78, 5) is 27.1. The van der Waals surface area contributed by atoms with Gasteiger partial charge in [-0.2, -0.15) is 10.2 Å². The van der Waals surface area contributed by atoms with E-state index < -0.39 is 5.82 Å². The average Bonchev–Trinajstić information content (AvgIpc) is 3.40. The molecule has 6 rings (SSSR count). The van der Waals surface area contributed by atoms with E-state index in [1.807, 2.05) is 6.92 Å². The zero-order valence-electron chi connectivity index (χ0n) is 18.1. The number of rotatable bonds is 3. The molecule has 0 saturated carbocycles. The van der Waals surface area contributed by atoms with Crippen LogP contribution < -0.4 is 10.4 Å². The molecule has 5 aromatic rings. The van der Waals surface area contributed by atoms with Crippen LogP contribution in [0.2, 0.25) is 0 Å². The summed E-state index contributed by atoms with van der Waals surface area (Å²) in [5.41, 5.74) is 3.48. The van der Waals surface area contributed by atoms with Gasteiger partial charge in [-0.3, -0.25) is 13.7 Å². The number of fused-ring (bicyclic) bond motifs is 3. The Hall–Kier alpha value is -4.52. The van der Waals surface area contributed by atoms with Crippen LogP contribution in [0.5, 0.6) is 5.75 Å². The fraction of sp³-hybridized carbons (Fsp3) is 0.208. The Morgan fingerprint density at radius 3 is 2.91 bits per heavy atom. The lowest BCUT2D eigenvalue weighted by molar-refractivity contribution is 0.254. The first-order valence-electron chi connectivity index (χ1n) is 10.9. The van der Waals surface area contributed by atoms with E-state index in [4.69, 9.17) is 9.72 Å². The highest BCUT2D eigenvalue weighted by Crippen LogP contribution is 2.36. The quantitative estimate of drug-likeness (QED) is 0.413. The van der Waals surface area contributed by atoms with Crippen LogP contribution in [0.15, 0.2) is 53.7 Å². The number of hydrogen-bond donors (Lipinski definition) is 0. The molecule has 0 amide bonds. The van der Waals surface area contributed by atoms with Crippen LogP contribution in [-0.4, -0.2) is 35.3 Å². The summed E-state index contributed by atoms with van der Waals surface area (Å²) < 4.78 is 24.4. The monoisotopic (exact) mass is 455 g/mol. The number of hydrogen-bond acceptors (Lipinski definition) is 6. The van der Waals surface area contributed by atoms with Crippen LogP contribution in [0.25, 0.3) is 28.1 Å². The molecule has 0 radical (unpaired) electrons. The van der Waals surface area contributed by atoms with Gasteiger partial charge in [-0.15, -0.1) is 0 Å². The Morgan fingerprint density at radius 2 is 2.09 bits per heavy atom. The molecule has 1 aliphatic rings. The number of ether oxygens (including phenoxy) is 1. The molecule has 10 heteroatoms. The second kappa shape index (κ2) is 7.52. The van der Waals surface area contributed by atoms with Gasteiger partial charge in [-0.1, -0.05) is 6.07 Å². The number of benzene rings is 2.